The fraction of sp³-hybridized carbons (Fsp3) is 0.308. The van der Waals surface area contributed by atoms with Gasteiger partial charge in [-0.15, -0.1) is 0 Å². The molecule has 1 fully saturated rings. The maximum atomic E-state index is 12.4. The Bertz CT molecular complexity index is 760. The zero-order chi connectivity index (χ0) is 14.9. The number of hydrogen-bond acceptors (Lipinski definition) is 4. The first-order valence-electron chi connectivity index (χ1n) is 6.60. The molecule has 1 aromatic heterocycles. The summed E-state index contributed by atoms with van der Waals surface area (Å²) in [7, 11) is -3.58. The minimum absolute atomic E-state index is 0.438. The van der Waals surface area contributed by atoms with Crippen LogP contribution < -0.4 is 10.0 Å². The summed E-state index contributed by atoms with van der Waals surface area (Å²) in [6.07, 6.45) is 1.61. The zero-order valence-electron chi connectivity index (χ0n) is 11.2. The fourth-order valence-electron chi connectivity index (χ4n) is 2.31. The van der Waals surface area contributed by atoms with E-state index in [1.54, 1.807) is 24.4 Å². The molecule has 2 heterocycles. The predicted molar refractivity (Wildman–Crippen MR) is 83.7 cm³/mol. The Labute approximate surface area is 128 Å². The van der Waals surface area contributed by atoms with Gasteiger partial charge in [-0.05, 0) is 24.3 Å². The highest BCUT2D eigenvalue weighted by Gasteiger charge is 2.24. The number of anilines is 1. The van der Waals surface area contributed by atoms with Gasteiger partial charge in [-0.3, -0.25) is 9.71 Å². The molecule has 1 aliphatic heterocycles. The van der Waals surface area contributed by atoms with E-state index in [4.69, 9.17) is 11.6 Å². The van der Waals surface area contributed by atoms with E-state index in [1.165, 1.54) is 4.31 Å². The summed E-state index contributed by atoms with van der Waals surface area (Å²) < 4.78 is 28.9. The Balaban J connectivity index is 1.96. The van der Waals surface area contributed by atoms with Crippen LogP contribution in [0.1, 0.15) is 0 Å². The van der Waals surface area contributed by atoms with Gasteiger partial charge in [-0.1, -0.05) is 11.6 Å². The molecule has 6 nitrogen and oxygen atoms in total. The molecule has 112 valence electrons. The molecular weight excluding hydrogens is 312 g/mol. The first-order chi connectivity index (χ1) is 10.1. The second-order valence-corrected chi connectivity index (χ2v) is 6.83. The first-order valence-corrected chi connectivity index (χ1v) is 8.41. The Morgan fingerprint density at radius 3 is 2.76 bits per heavy atom. The Kier molecular flexibility index (Phi) is 3.99. The standard InChI is InChI=1S/C13H15ClN4O2S/c14-11-3-4-12(13-10(11)2-1-5-16-13)17-21(19,20)18-8-6-15-7-9-18/h1-5,15,17H,6-9H2. The fourth-order valence-corrected chi connectivity index (χ4v) is 3.76. The van der Waals surface area contributed by atoms with Crippen molar-refractivity contribution in [3.63, 3.8) is 0 Å². The third-order valence-corrected chi connectivity index (χ3v) is 5.22. The average molecular weight is 327 g/mol. The third kappa shape index (κ3) is 2.96. The molecular formula is C13H15ClN4O2S. The van der Waals surface area contributed by atoms with Gasteiger partial charge < -0.3 is 5.32 Å². The van der Waals surface area contributed by atoms with Crippen LogP contribution in [0, 0.1) is 0 Å². The summed E-state index contributed by atoms with van der Waals surface area (Å²) >= 11 is 6.11. The lowest BCUT2D eigenvalue weighted by Crippen LogP contribution is -2.48. The van der Waals surface area contributed by atoms with Gasteiger partial charge in [0.05, 0.1) is 16.2 Å². The molecule has 0 radical (unpaired) electrons. The number of aromatic nitrogens is 1. The van der Waals surface area contributed by atoms with E-state index in [2.05, 4.69) is 15.0 Å². The number of nitrogens with one attached hydrogen (secondary N) is 2. The van der Waals surface area contributed by atoms with E-state index in [-0.39, 0.29) is 0 Å². The van der Waals surface area contributed by atoms with Crippen molar-refractivity contribution < 1.29 is 8.42 Å². The van der Waals surface area contributed by atoms with E-state index in [1.807, 2.05) is 6.07 Å². The van der Waals surface area contributed by atoms with Gasteiger partial charge in [-0.25, -0.2) is 0 Å². The first kappa shape index (κ1) is 14.5. The lowest BCUT2D eigenvalue weighted by atomic mass is 10.2. The van der Waals surface area contributed by atoms with Gasteiger partial charge in [0.25, 0.3) is 0 Å². The van der Waals surface area contributed by atoms with Crippen molar-refractivity contribution in [2.45, 2.75) is 0 Å². The quantitative estimate of drug-likeness (QED) is 0.895. The summed E-state index contributed by atoms with van der Waals surface area (Å²) in [4.78, 5) is 4.23. The van der Waals surface area contributed by atoms with Gasteiger partial charge in [-0.2, -0.15) is 12.7 Å². The second kappa shape index (κ2) is 5.76. The molecule has 8 heteroatoms. The molecule has 2 aromatic rings. The highest BCUT2D eigenvalue weighted by molar-refractivity contribution is 7.90. The second-order valence-electron chi connectivity index (χ2n) is 4.75. The Hall–Kier alpha value is -1.41. The molecule has 0 bridgehead atoms. The van der Waals surface area contributed by atoms with Crippen molar-refractivity contribution in [2.24, 2.45) is 0 Å². The molecule has 0 spiro atoms. The maximum Gasteiger partial charge on any atom is 0.301 e. The molecule has 3 rings (SSSR count). The minimum Gasteiger partial charge on any atom is -0.314 e. The van der Waals surface area contributed by atoms with Crippen LogP contribution in [0.3, 0.4) is 0 Å². The molecule has 0 atom stereocenters. The summed E-state index contributed by atoms with van der Waals surface area (Å²) in [5.41, 5.74) is 0.984. The number of nitrogens with zero attached hydrogens (tertiary/aromatic N) is 2. The van der Waals surface area contributed by atoms with Gasteiger partial charge in [0.2, 0.25) is 0 Å². The van der Waals surface area contributed by atoms with Gasteiger partial charge >= 0.3 is 10.2 Å². The predicted octanol–water partition coefficient (Wildman–Crippen LogP) is 1.45. The van der Waals surface area contributed by atoms with Crippen molar-refractivity contribution in [1.29, 1.82) is 0 Å². The molecule has 21 heavy (non-hydrogen) atoms. The van der Waals surface area contributed by atoms with Crippen molar-refractivity contribution in [2.75, 3.05) is 30.9 Å². The van der Waals surface area contributed by atoms with Crippen LogP contribution in [0.15, 0.2) is 30.5 Å². The number of fused-ring (bicyclic) bond motifs is 1. The largest absolute Gasteiger partial charge is 0.314 e. The molecule has 1 saturated heterocycles. The van der Waals surface area contributed by atoms with Gasteiger partial charge in [0.1, 0.15) is 0 Å². The smallest absolute Gasteiger partial charge is 0.301 e. The van der Waals surface area contributed by atoms with E-state index in [0.717, 1.165) is 5.39 Å². The summed E-state index contributed by atoms with van der Waals surface area (Å²) in [6, 6.07) is 6.88. The number of pyridine rings is 1. The molecule has 0 unspecified atom stereocenters. The van der Waals surface area contributed by atoms with Crippen LogP contribution in [-0.4, -0.2) is 43.9 Å². The Morgan fingerprint density at radius 1 is 1.24 bits per heavy atom. The molecule has 1 aliphatic rings. The zero-order valence-corrected chi connectivity index (χ0v) is 12.8. The van der Waals surface area contributed by atoms with E-state index in [9.17, 15) is 8.42 Å². The van der Waals surface area contributed by atoms with Crippen molar-refractivity contribution in [3.8, 4) is 0 Å². The highest BCUT2D eigenvalue weighted by atomic mass is 35.5. The Morgan fingerprint density at radius 2 is 2.00 bits per heavy atom. The number of halogens is 1. The highest BCUT2D eigenvalue weighted by Crippen LogP contribution is 2.28. The minimum atomic E-state index is -3.58. The van der Waals surface area contributed by atoms with Crippen LogP contribution >= 0.6 is 11.6 Å². The van der Waals surface area contributed by atoms with Crippen LogP contribution in [0.4, 0.5) is 5.69 Å². The number of hydrogen-bond donors (Lipinski definition) is 2. The lowest BCUT2D eigenvalue weighted by molar-refractivity contribution is 0.362. The van der Waals surface area contributed by atoms with Gasteiger partial charge in [0, 0.05) is 37.8 Å². The molecule has 2 N–H and O–H groups in total. The van der Waals surface area contributed by atoms with Crippen LogP contribution in [-0.2, 0) is 10.2 Å². The average Bonchev–Trinajstić information content (AvgIpc) is 2.51. The SMILES string of the molecule is O=S(=O)(Nc1ccc(Cl)c2cccnc12)N1CCNCC1. The van der Waals surface area contributed by atoms with Crippen LogP contribution in [0.25, 0.3) is 10.9 Å². The number of benzene rings is 1. The summed E-state index contributed by atoms with van der Waals surface area (Å²) in [5.74, 6) is 0. The lowest BCUT2D eigenvalue weighted by Gasteiger charge is -2.27. The van der Waals surface area contributed by atoms with Crippen molar-refractivity contribution in [3.05, 3.63) is 35.5 Å². The monoisotopic (exact) mass is 326 g/mol. The molecule has 0 aliphatic carbocycles. The molecule has 0 saturated carbocycles. The normalized spacial score (nSPS) is 17.0. The maximum absolute atomic E-state index is 12.4. The third-order valence-electron chi connectivity index (χ3n) is 3.37. The van der Waals surface area contributed by atoms with Gasteiger partial charge in [0.15, 0.2) is 0 Å². The molecule has 0 amide bonds. The summed E-state index contributed by atoms with van der Waals surface area (Å²) in [6.45, 7) is 2.21. The van der Waals surface area contributed by atoms with E-state index in [0.29, 0.717) is 42.4 Å². The van der Waals surface area contributed by atoms with E-state index >= 15 is 0 Å². The number of rotatable bonds is 3. The van der Waals surface area contributed by atoms with E-state index < -0.39 is 10.2 Å². The van der Waals surface area contributed by atoms with Crippen molar-refractivity contribution in [1.82, 2.24) is 14.6 Å². The number of piperazine rings is 1. The van der Waals surface area contributed by atoms with Crippen LogP contribution in [0.2, 0.25) is 5.02 Å². The topological polar surface area (TPSA) is 74.3 Å². The summed E-state index contributed by atoms with van der Waals surface area (Å²) in [5, 5.41) is 4.39. The van der Waals surface area contributed by atoms with Crippen LogP contribution in [0.5, 0.6) is 0 Å². The van der Waals surface area contributed by atoms with Crippen molar-refractivity contribution >= 4 is 38.4 Å². The molecule has 1 aromatic carbocycles.